The highest BCUT2D eigenvalue weighted by molar-refractivity contribution is 6.77. The van der Waals surface area contributed by atoms with Gasteiger partial charge >= 0.3 is 14.8 Å². The van der Waals surface area contributed by atoms with Gasteiger partial charge in [-0.25, -0.2) is 4.79 Å². The largest absolute Gasteiger partial charge is 0.500 e. The maximum absolute atomic E-state index is 12.3. The fourth-order valence-electron chi connectivity index (χ4n) is 5.01. The predicted molar refractivity (Wildman–Crippen MR) is 136 cm³/mol. The van der Waals surface area contributed by atoms with Gasteiger partial charge in [0.2, 0.25) is 8.32 Å². The molecule has 192 valence electrons. The van der Waals surface area contributed by atoms with Crippen LogP contribution < -0.4 is 0 Å². The summed E-state index contributed by atoms with van der Waals surface area (Å²) in [5.74, 6) is -0.862. The zero-order chi connectivity index (χ0) is 24.9. The van der Waals surface area contributed by atoms with Gasteiger partial charge in [0, 0.05) is 33.9 Å². The molecule has 0 fully saturated rings. The highest BCUT2D eigenvalue weighted by Gasteiger charge is 2.48. The Kier molecular flexibility index (Phi) is 15.4. The molecule has 0 bridgehead atoms. The molecule has 0 saturated carbocycles. The molecule has 0 heterocycles. The molecule has 7 nitrogen and oxygen atoms in total. The van der Waals surface area contributed by atoms with Gasteiger partial charge in [-0.05, 0) is 42.6 Å². The summed E-state index contributed by atoms with van der Waals surface area (Å²) < 4.78 is 23.3. The van der Waals surface area contributed by atoms with E-state index in [9.17, 15) is 9.90 Å². The third-order valence-corrected chi connectivity index (χ3v) is 15.7. The molecule has 0 radical (unpaired) electrons. The predicted octanol–water partition coefficient (Wildman–Crippen LogP) is 5.39. The van der Waals surface area contributed by atoms with Crippen LogP contribution in [0.2, 0.25) is 22.7 Å². The molecule has 1 unspecified atom stereocenters. The molecule has 1 N–H and O–H groups in total. The first-order valence-corrected chi connectivity index (χ1v) is 16.3. The summed E-state index contributed by atoms with van der Waals surface area (Å²) in [5.41, 5.74) is 1.03. The van der Waals surface area contributed by atoms with Crippen LogP contribution in [-0.2, 0) is 22.5 Å². The van der Waals surface area contributed by atoms with Crippen LogP contribution in [0, 0.1) is 0 Å². The highest BCUT2D eigenvalue weighted by Crippen LogP contribution is 2.43. The number of carbonyl (C=O) groups is 1. The van der Waals surface area contributed by atoms with E-state index in [0.717, 1.165) is 38.8 Å². The molecule has 0 aliphatic rings. The molecule has 0 amide bonds. The lowest BCUT2D eigenvalue weighted by atomic mass is 10.2. The van der Waals surface area contributed by atoms with Crippen molar-refractivity contribution in [3.05, 3.63) is 0 Å². The van der Waals surface area contributed by atoms with Gasteiger partial charge in [0.25, 0.3) is 0 Å². The van der Waals surface area contributed by atoms with Gasteiger partial charge in [0.15, 0.2) is 6.10 Å². The summed E-state index contributed by atoms with van der Waals surface area (Å²) in [6, 6.07) is 0.696. The third kappa shape index (κ3) is 9.15. The molecule has 0 rings (SSSR count). The van der Waals surface area contributed by atoms with Crippen LogP contribution in [0.1, 0.15) is 74.1 Å². The second kappa shape index (κ2) is 15.6. The first kappa shape index (κ1) is 31.7. The van der Waals surface area contributed by atoms with Crippen LogP contribution in [0.4, 0.5) is 0 Å². The molecule has 1 atom stereocenters. The Morgan fingerprint density at radius 2 is 1.31 bits per heavy atom. The number of carboxylic acid groups (broad SMARTS) is 1. The van der Waals surface area contributed by atoms with Crippen LogP contribution in [0.15, 0.2) is 0 Å². The number of carboxylic acids is 1. The maximum atomic E-state index is 12.3. The van der Waals surface area contributed by atoms with E-state index in [1.165, 1.54) is 0 Å². The Balaban J connectivity index is 5.52. The third-order valence-electron chi connectivity index (χ3n) is 6.72. The van der Waals surface area contributed by atoms with Crippen molar-refractivity contribution in [2.45, 2.75) is 103 Å². The number of nitrogens with zero attached hydrogens (tertiary/aromatic N) is 1. The number of aliphatic carboxylic acids is 1. The van der Waals surface area contributed by atoms with Crippen molar-refractivity contribution < 1.29 is 27.6 Å². The monoisotopic (exact) mass is 493 g/mol. The van der Waals surface area contributed by atoms with E-state index < -0.39 is 29.2 Å². The van der Waals surface area contributed by atoms with Gasteiger partial charge in [0.05, 0.1) is 0 Å². The Labute approximate surface area is 199 Å². The van der Waals surface area contributed by atoms with Crippen molar-refractivity contribution in [1.29, 1.82) is 0 Å². The lowest BCUT2D eigenvalue weighted by Gasteiger charge is -2.44. The van der Waals surface area contributed by atoms with Gasteiger partial charge in [-0.1, -0.05) is 61.3 Å². The van der Waals surface area contributed by atoms with Crippen LogP contribution in [0.3, 0.4) is 0 Å². The molecular formula is C23H51NO6Si2. The van der Waals surface area contributed by atoms with Crippen LogP contribution in [-0.4, -0.2) is 80.2 Å². The first-order valence-electron chi connectivity index (χ1n) is 12.2. The van der Waals surface area contributed by atoms with Crippen LogP contribution in [0.25, 0.3) is 0 Å². The minimum atomic E-state index is -2.63. The SMILES string of the molecule is CCCCCN(CCC[Si](OC)(OC)OC)CC(O[Si](C(C)C)(C(C)C)C(C)C)C(=O)O. The average Bonchev–Trinajstić information content (AvgIpc) is 2.73. The molecule has 32 heavy (non-hydrogen) atoms. The van der Waals surface area contributed by atoms with Crippen LogP contribution in [0.5, 0.6) is 0 Å². The quantitative estimate of drug-likeness (QED) is 0.191. The Hall–Kier alpha value is -0.296. The van der Waals surface area contributed by atoms with Crippen LogP contribution >= 0.6 is 0 Å². The summed E-state index contributed by atoms with van der Waals surface area (Å²) >= 11 is 0. The minimum absolute atomic E-state index is 0.342. The second-order valence-electron chi connectivity index (χ2n) is 9.67. The fourth-order valence-corrected chi connectivity index (χ4v) is 12.2. The minimum Gasteiger partial charge on any atom is -0.479 e. The van der Waals surface area contributed by atoms with E-state index in [1.54, 1.807) is 21.3 Å². The summed E-state index contributed by atoms with van der Waals surface area (Å²) in [6.45, 7) is 17.3. The lowest BCUT2D eigenvalue weighted by Crippen LogP contribution is -2.54. The van der Waals surface area contributed by atoms with Crippen molar-refractivity contribution in [2.75, 3.05) is 41.0 Å². The molecular weight excluding hydrogens is 442 g/mol. The summed E-state index contributed by atoms with van der Waals surface area (Å²) in [5, 5.41) is 10.1. The second-order valence-corrected chi connectivity index (χ2v) is 18.2. The van der Waals surface area contributed by atoms with E-state index >= 15 is 0 Å². The van der Waals surface area contributed by atoms with Crippen molar-refractivity contribution in [3.8, 4) is 0 Å². The van der Waals surface area contributed by atoms with E-state index in [4.69, 9.17) is 17.7 Å². The van der Waals surface area contributed by atoms with Gasteiger partial charge in [0.1, 0.15) is 0 Å². The van der Waals surface area contributed by atoms with Gasteiger partial charge in [-0.15, -0.1) is 0 Å². The zero-order valence-corrected chi connectivity index (χ0v) is 24.4. The first-order chi connectivity index (χ1) is 15.0. The normalized spacial score (nSPS) is 14.2. The Morgan fingerprint density at radius 1 is 0.844 bits per heavy atom. The average molecular weight is 494 g/mol. The molecule has 9 heteroatoms. The van der Waals surface area contributed by atoms with Gasteiger partial charge < -0.3 is 27.7 Å². The topological polar surface area (TPSA) is 77.5 Å². The van der Waals surface area contributed by atoms with E-state index in [0.29, 0.717) is 29.2 Å². The van der Waals surface area contributed by atoms with Crippen molar-refractivity contribution in [1.82, 2.24) is 4.90 Å². The van der Waals surface area contributed by atoms with E-state index in [2.05, 4.69) is 53.4 Å². The number of hydrogen-bond donors (Lipinski definition) is 1. The Bertz CT molecular complexity index is 485. The van der Waals surface area contributed by atoms with E-state index in [-0.39, 0.29) is 0 Å². The zero-order valence-electron chi connectivity index (χ0n) is 22.4. The van der Waals surface area contributed by atoms with Crippen molar-refractivity contribution >= 4 is 23.1 Å². The molecule has 0 aromatic rings. The summed E-state index contributed by atoms with van der Waals surface area (Å²) in [7, 11) is -0.0556. The van der Waals surface area contributed by atoms with Crippen molar-refractivity contribution in [3.63, 3.8) is 0 Å². The number of unbranched alkanes of at least 4 members (excludes halogenated alkanes) is 2. The molecule has 0 spiro atoms. The summed E-state index contributed by atoms with van der Waals surface area (Å²) in [6.07, 6.45) is 3.31. The van der Waals surface area contributed by atoms with Gasteiger partial charge in [-0.3, -0.25) is 0 Å². The van der Waals surface area contributed by atoms with E-state index in [1.807, 2.05) is 0 Å². The molecule has 0 aromatic carbocycles. The molecule has 0 aliphatic heterocycles. The lowest BCUT2D eigenvalue weighted by molar-refractivity contribution is -0.146. The highest BCUT2D eigenvalue weighted by atomic mass is 28.4. The summed E-state index contributed by atoms with van der Waals surface area (Å²) in [4.78, 5) is 14.5. The number of hydrogen-bond acceptors (Lipinski definition) is 6. The standard InChI is InChI=1S/C23H51NO6Si2/c1-11-12-13-15-24(16-14-17-31(27-8,28-9)29-10)18-22(23(25)26)30-32(19(2)3,20(4)5)21(6)7/h19-22H,11-18H2,1-10H3,(H,25,26). The fraction of sp³-hybridized carbons (Fsp3) is 0.957. The Morgan fingerprint density at radius 3 is 1.69 bits per heavy atom. The van der Waals surface area contributed by atoms with Gasteiger partial charge in [-0.2, -0.15) is 0 Å². The molecule has 0 saturated heterocycles. The number of rotatable bonds is 19. The van der Waals surface area contributed by atoms with Crippen molar-refractivity contribution in [2.24, 2.45) is 0 Å². The molecule has 0 aliphatic carbocycles. The molecule has 0 aromatic heterocycles. The smallest absolute Gasteiger partial charge is 0.479 e. The maximum Gasteiger partial charge on any atom is 0.500 e.